The van der Waals surface area contributed by atoms with Gasteiger partial charge in [-0.1, -0.05) is 72.8 Å². The molecule has 0 aliphatic rings. The highest BCUT2D eigenvalue weighted by atomic mass is 16.5. The molecule has 0 aliphatic heterocycles. The van der Waals surface area contributed by atoms with Crippen LogP contribution in [0.15, 0.2) is 121 Å². The lowest BCUT2D eigenvalue weighted by molar-refractivity contribution is 0.0725. The molecule has 0 saturated carbocycles. The van der Waals surface area contributed by atoms with Crippen LogP contribution < -0.4 is 9.47 Å². The van der Waals surface area contributed by atoms with Gasteiger partial charge in [-0.25, -0.2) is 9.59 Å². The van der Waals surface area contributed by atoms with Crippen molar-refractivity contribution in [2.45, 2.75) is 0 Å². The van der Waals surface area contributed by atoms with Crippen LogP contribution in [0.5, 0.6) is 11.5 Å². The number of carbonyl (C=O) groups excluding carboxylic acids is 2. The highest BCUT2D eigenvalue weighted by Crippen LogP contribution is 2.23. The van der Waals surface area contributed by atoms with E-state index in [4.69, 9.17) is 22.6 Å². The van der Waals surface area contributed by atoms with Crippen LogP contribution in [0, 0.1) is 13.1 Å². The van der Waals surface area contributed by atoms with Gasteiger partial charge in [0.1, 0.15) is 11.5 Å². The first kappa shape index (κ1) is 25.4. The smallest absolute Gasteiger partial charge is 0.343 e. The first-order valence-corrected chi connectivity index (χ1v) is 11.5. The normalized spacial score (nSPS) is 11.1. The van der Waals surface area contributed by atoms with Crippen LogP contribution in [0.25, 0.3) is 21.8 Å². The molecule has 0 amide bonds. The van der Waals surface area contributed by atoms with Crippen LogP contribution in [-0.2, 0) is 0 Å². The molecule has 6 nitrogen and oxygen atoms in total. The predicted molar refractivity (Wildman–Crippen MR) is 145 cm³/mol. The standard InChI is InChI=1S/C32H20N2O4/c1-33-29(21-23-13-17-27(18-14-23)37-31(35)25-9-5-3-6-10-25)30(34-2)22-24-15-19-28(20-16-24)38-32(36)26-11-7-4-8-12-26/h3-22H. The molecule has 0 radical (unpaired) electrons. The minimum absolute atomic E-state index is 0.161. The molecule has 0 aromatic heterocycles. The average Bonchev–Trinajstić information content (AvgIpc) is 2.97. The number of nitrogens with zero attached hydrogens (tertiary/aromatic N) is 2. The molecule has 0 N–H and O–H groups in total. The topological polar surface area (TPSA) is 61.3 Å². The Balaban J connectivity index is 1.45. The molecule has 0 unspecified atom stereocenters. The van der Waals surface area contributed by atoms with E-state index in [1.165, 1.54) is 0 Å². The minimum Gasteiger partial charge on any atom is -0.423 e. The van der Waals surface area contributed by atoms with Gasteiger partial charge in [0.25, 0.3) is 0 Å². The van der Waals surface area contributed by atoms with Gasteiger partial charge in [-0.2, -0.15) is 0 Å². The number of esters is 2. The third-order valence-electron chi connectivity index (χ3n) is 5.31. The van der Waals surface area contributed by atoms with Gasteiger partial charge < -0.3 is 9.47 Å². The Hall–Kier alpha value is -5.72. The zero-order valence-corrected chi connectivity index (χ0v) is 20.1. The van der Waals surface area contributed by atoms with Crippen molar-refractivity contribution in [2.75, 3.05) is 0 Å². The molecule has 182 valence electrons. The van der Waals surface area contributed by atoms with E-state index in [0.717, 1.165) is 0 Å². The van der Waals surface area contributed by atoms with Crippen LogP contribution in [0.3, 0.4) is 0 Å². The fraction of sp³-hybridized carbons (Fsp3) is 0. The number of benzene rings is 4. The van der Waals surface area contributed by atoms with Crippen molar-refractivity contribution in [3.05, 3.63) is 166 Å². The van der Waals surface area contributed by atoms with E-state index in [1.807, 2.05) is 12.1 Å². The van der Waals surface area contributed by atoms with Crippen molar-refractivity contribution in [1.82, 2.24) is 0 Å². The molecule has 4 aromatic carbocycles. The van der Waals surface area contributed by atoms with Crippen LogP contribution >= 0.6 is 0 Å². The third kappa shape index (κ3) is 6.69. The first-order chi connectivity index (χ1) is 18.6. The summed E-state index contributed by atoms with van der Waals surface area (Å²) >= 11 is 0. The van der Waals surface area contributed by atoms with E-state index in [0.29, 0.717) is 33.8 Å². The lowest BCUT2D eigenvalue weighted by atomic mass is 10.1. The maximum atomic E-state index is 12.2. The van der Waals surface area contributed by atoms with Gasteiger partial charge in [0, 0.05) is 0 Å². The van der Waals surface area contributed by atoms with Crippen molar-refractivity contribution in [3.63, 3.8) is 0 Å². The van der Waals surface area contributed by atoms with E-state index in [2.05, 4.69) is 9.69 Å². The molecular weight excluding hydrogens is 476 g/mol. The van der Waals surface area contributed by atoms with Crippen molar-refractivity contribution in [2.24, 2.45) is 0 Å². The number of ether oxygens (including phenoxy) is 2. The summed E-state index contributed by atoms with van der Waals surface area (Å²) in [4.78, 5) is 31.5. The van der Waals surface area contributed by atoms with Gasteiger partial charge in [0.05, 0.1) is 24.3 Å². The molecule has 0 bridgehead atoms. The van der Waals surface area contributed by atoms with E-state index in [1.54, 1.807) is 109 Å². The maximum absolute atomic E-state index is 12.2. The molecule has 0 atom stereocenters. The zero-order chi connectivity index (χ0) is 26.7. The van der Waals surface area contributed by atoms with Crippen molar-refractivity contribution >= 4 is 24.1 Å². The Kier molecular flexibility index (Phi) is 8.22. The second-order valence-corrected chi connectivity index (χ2v) is 7.93. The van der Waals surface area contributed by atoms with Gasteiger partial charge in [-0.3, -0.25) is 9.69 Å². The molecule has 4 aromatic rings. The Morgan fingerprint density at radius 1 is 0.526 bits per heavy atom. The summed E-state index contributed by atoms with van der Waals surface area (Å²) < 4.78 is 10.8. The maximum Gasteiger partial charge on any atom is 0.343 e. The number of hydrogen-bond acceptors (Lipinski definition) is 4. The summed E-state index contributed by atoms with van der Waals surface area (Å²) in [6.07, 6.45) is 3.19. The Morgan fingerprint density at radius 2 is 0.868 bits per heavy atom. The molecular formula is C32H20N2O4. The Labute approximate surface area is 220 Å². The largest absolute Gasteiger partial charge is 0.423 e. The second-order valence-electron chi connectivity index (χ2n) is 7.93. The molecule has 0 heterocycles. The Morgan fingerprint density at radius 3 is 1.18 bits per heavy atom. The summed E-state index contributed by atoms with van der Waals surface area (Å²) in [6.45, 7) is 15.2. The first-order valence-electron chi connectivity index (χ1n) is 11.5. The molecule has 0 saturated heterocycles. The lowest BCUT2D eigenvalue weighted by Crippen LogP contribution is -2.07. The number of rotatable bonds is 7. The summed E-state index contributed by atoms with van der Waals surface area (Å²) in [7, 11) is 0. The van der Waals surface area contributed by atoms with Gasteiger partial charge in [-0.15, -0.1) is 0 Å². The second kappa shape index (κ2) is 12.3. The minimum atomic E-state index is -0.463. The highest BCUT2D eigenvalue weighted by Gasteiger charge is 2.10. The van der Waals surface area contributed by atoms with Gasteiger partial charge >= 0.3 is 11.9 Å². The zero-order valence-electron chi connectivity index (χ0n) is 20.1. The fourth-order valence-electron chi connectivity index (χ4n) is 3.39. The quantitative estimate of drug-likeness (QED) is 0.116. The van der Waals surface area contributed by atoms with Gasteiger partial charge in [0.15, 0.2) is 11.4 Å². The van der Waals surface area contributed by atoms with Crippen LogP contribution in [0.1, 0.15) is 31.8 Å². The molecule has 4 rings (SSSR count). The SMILES string of the molecule is [C-]#[N+]C(=Cc1ccc(OC(=O)c2ccccc2)cc1)C(=Cc1ccc(OC(=O)c2ccccc2)cc1)[N+]#[C-]. The predicted octanol–water partition coefficient (Wildman–Crippen LogP) is 7.35. The highest BCUT2D eigenvalue weighted by molar-refractivity contribution is 5.91. The molecule has 0 aliphatic carbocycles. The number of carbonyl (C=O) groups is 2. The van der Waals surface area contributed by atoms with E-state index in [9.17, 15) is 9.59 Å². The van der Waals surface area contributed by atoms with E-state index >= 15 is 0 Å². The summed E-state index contributed by atoms with van der Waals surface area (Å²) in [6, 6.07) is 30.7. The average molecular weight is 497 g/mol. The van der Waals surface area contributed by atoms with Crippen molar-refractivity contribution in [3.8, 4) is 11.5 Å². The van der Waals surface area contributed by atoms with E-state index < -0.39 is 11.9 Å². The summed E-state index contributed by atoms with van der Waals surface area (Å²) in [5.74, 6) is -0.187. The molecule has 0 spiro atoms. The monoisotopic (exact) mass is 496 g/mol. The molecule has 6 heteroatoms. The van der Waals surface area contributed by atoms with Gasteiger partial charge in [-0.05, 0) is 59.7 Å². The van der Waals surface area contributed by atoms with Crippen molar-refractivity contribution in [1.29, 1.82) is 0 Å². The van der Waals surface area contributed by atoms with E-state index in [-0.39, 0.29) is 11.4 Å². The molecule has 0 fully saturated rings. The fourth-order valence-corrected chi connectivity index (χ4v) is 3.39. The Bertz CT molecular complexity index is 1450. The van der Waals surface area contributed by atoms with Crippen LogP contribution in [-0.4, -0.2) is 11.9 Å². The van der Waals surface area contributed by atoms with Crippen LogP contribution in [0.2, 0.25) is 0 Å². The lowest BCUT2D eigenvalue weighted by Gasteiger charge is -2.05. The van der Waals surface area contributed by atoms with Gasteiger partial charge in [0.2, 0.25) is 0 Å². The summed E-state index contributed by atoms with van der Waals surface area (Å²) in [5, 5.41) is 0. The number of hydrogen-bond donors (Lipinski definition) is 0. The summed E-state index contributed by atoms with van der Waals surface area (Å²) in [5.41, 5.74) is 2.56. The molecule has 38 heavy (non-hydrogen) atoms. The van der Waals surface area contributed by atoms with Crippen LogP contribution in [0.4, 0.5) is 0 Å². The van der Waals surface area contributed by atoms with Crippen molar-refractivity contribution < 1.29 is 19.1 Å². The third-order valence-corrected chi connectivity index (χ3v) is 5.31.